The van der Waals surface area contributed by atoms with Crippen LogP contribution in [-0.4, -0.2) is 14.8 Å². The topological polar surface area (TPSA) is 56.7 Å². The molecule has 4 heteroatoms. The Labute approximate surface area is 114 Å². The van der Waals surface area contributed by atoms with Crippen LogP contribution in [0.5, 0.6) is 0 Å². The van der Waals surface area contributed by atoms with Crippen molar-refractivity contribution in [3.63, 3.8) is 0 Å². The third-order valence-corrected chi connectivity index (χ3v) is 3.35. The lowest BCUT2D eigenvalue weighted by molar-refractivity contribution is 0.386. The average molecular weight is 258 g/mol. The summed E-state index contributed by atoms with van der Waals surface area (Å²) in [7, 11) is 0. The van der Waals surface area contributed by atoms with E-state index in [0.717, 1.165) is 17.2 Å². The van der Waals surface area contributed by atoms with Crippen LogP contribution in [0.2, 0.25) is 0 Å². The molecule has 1 heterocycles. The SMILES string of the molecule is Cc1ccc(-c2nnc(CN)n2C(C)(C)C)cc1C. The minimum atomic E-state index is -0.0909. The van der Waals surface area contributed by atoms with E-state index < -0.39 is 0 Å². The van der Waals surface area contributed by atoms with Crippen LogP contribution in [0.3, 0.4) is 0 Å². The highest BCUT2D eigenvalue weighted by Crippen LogP contribution is 2.27. The van der Waals surface area contributed by atoms with Crippen LogP contribution in [0.4, 0.5) is 0 Å². The molecule has 0 unspecified atom stereocenters. The van der Waals surface area contributed by atoms with Crippen LogP contribution in [0.15, 0.2) is 18.2 Å². The molecule has 0 saturated heterocycles. The van der Waals surface area contributed by atoms with Crippen molar-refractivity contribution in [2.75, 3.05) is 0 Å². The number of hydrogen-bond donors (Lipinski definition) is 1. The monoisotopic (exact) mass is 258 g/mol. The molecule has 0 atom stereocenters. The maximum absolute atomic E-state index is 5.77. The summed E-state index contributed by atoms with van der Waals surface area (Å²) in [6, 6.07) is 6.37. The Kier molecular flexibility index (Phi) is 3.45. The third kappa shape index (κ3) is 2.54. The second-order valence-corrected chi connectivity index (χ2v) is 5.95. The van der Waals surface area contributed by atoms with E-state index >= 15 is 0 Å². The molecule has 0 aliphatic rings. The molecular weight excluding hydrogens is 236 g/mol. The van der Waals surface area contributed by atoms with Gasteiger partial charge in [-0.1, -0.05) is 12.1 Å². The summed E-state index contributed by atoms with van der Waals surface area (Å²) in [5.74, 6) is 1.71. The normalized spacial score (nSPS) is 11.9. The Bertz CT molecular complexity index is 591. The Morgan fingerprint density at radius 2 is 1.79 bits per heavy atom. The first-order valence-corrected chi connectivity index (χ1v) is 6.57. The first kappa shape index (κ1) is 13.7. The van der Waals surface area contributed by atoms with E-state index in [1.807, 2.05) is 0 Å². The van der Waals surface area contributed by atoms with E-state index in [1.54, 1.807) is 0 Å². The summed E-state index contributed by atoms with van der Waals surface area (Å²) in [5.41, 5.74) is 9.31. The van der Waals surface area contributed by atoms with Crippen molar-refractivity contribution in [1.29, 1.82) is 0 Å². The van der Waals surface area contributed by atoms with Crippen molar-refractivity contribution in [3.05, 3.63) is 35.2 Å². The zero-order valence-electron chi connectivity index (χ0n) is 12.4. The minimum Gasteiger partial charge on any atom is -0.324 e. The maximum Gasteiger partial charge on any atom is 0.164 e. The molecule has 0 aliphatic carbocycles. The first-order chi connectivity index (χ1) is 8.84. The molecule has 0 saturated carbocycles. The second-order valence-electron chi connectivity index (χ2n) is 5.95. The van der Waals surface area contributed by atoms with E-state index in [9.17, 15) is 0 Å². The molecule has 19 heavy (non-hydrogen) atoms. The molecular formula is C15H22N4. The molecule has 2 aromatic rings. The van der Waals surface area contributed by atoms with Gasteiger partial charge < -0.3 is 10.3 Å². The van der Waals surface area contributed by atoms with E-state index in [4.69, 9.17) is 5.73 Å². The van der Waals surface area contributed by atoms with Gasteiger partial charge in [-0.25, -0.2) is 0 Å². The number of rotatable bonds is 2. The molecule has 0 radical (unpaired) electrons. The average Bonchev–Trinajstić information content (AvgIpc) is 2.76. The Morgan fingerprint density at radius 1 is 1.11 bits per heavy atom. The van der Waals surface area contributed by atoms with Gasteiger partial charge in [-0.05, 0) is 51.8 Å². The lowest BCUT2D eigenvalue weighted by Crippen LogP contribution is -2.26. The third-order valence-electron chi connectivity index (χ3n) is 3.35. The molecule has 1 aromatic heterocycles. The van der Waals surface area contributed by atoms with Crippen molar-refractivity contribution in [2.24, 2.45) is 5.73 Å². The van der Waals surface area contributed by atoms with Gasteiger partial charge in [0.2, 0.25) is 0 Å². The fourth-order valence-corrected chi connectivity index (χ4v) is 2.22. The number of aryl methyl sites for hydroxylation is 2. The van der Waals surface area contributed by atoms with Gasteiger partial charge in [0, 0.05) is 11.1 Å². The first-order valence-electron chi connectivity index (χ1n) is 6.57. The van der Waals surface area contributed by atoms with Crippen LogP contribution in [0.1, 0.15) is 37.7 Å². The Morgan fingerprint density at radius 3 is 2.32 bits per heavy atom. The molecule has 0 amide bonds. The van der Waals surface area contributed by atoms with Gasteiger partial charge >= 0.3 is 0 Å². The van der Waals surface area contributed by atoms with Crippen molar-refractivity contribution in [2.45, 2.75) is 46.7 Å². The van der Waals surface area contributed by atoms with E-state index in [1.165, 1.54) is 11.1 Å². The minimum absolute atomic E-state index is 0.0909. The smallest absolute Gasteiger partial charge is 0.164 e. The summed E-state index contributed by atoms with van der Waals surface area (Å²) in [4.78, 5) is 0. The lowest BCUT2D eigenvalue weighted by Gasteiger charge is -2.25. The molecule has 0 fully saturated rings. The lowest BCUT2D eigenvalue weighted by atomic mass is 10.0. The molecule has 2 N–H and O–H groups in total. The molecule has 2 rings (SSSR count). The second kappa shape index (κ2) is 4.78. The highest BCUT2D eigenvalue weighted by molar-refractivity contribution is 5.58. The molecule has 1 aromatic carbocycles. The molecule has 102 valence electrons. The van der Waals surface area contributed by atoms with Crippen molar-refractivity contribution in [3.8, 4) is 11.4 Å². The van der Waals surface area contributed by atoms with Gasteiger partial charge in [0.1, 0.15) is 5.82 Å². The van der Waals surface area contributed by atoms with Gasteiger partial charge in [-0.2, -0.15) is 0 Å². The van der Waals surface area contributed by atoms with Crippen LogP contribution in [0.25, 0.3) is 11.4 Å². The van der Waals surface area contributed by atoms with Crippen molar-refractivity contribution in [1.82, 2.24) is 14.8 Å². The van der Waals surface area contributed by atoms with E-state index in [-0.39, 0.29) is 5.54 Å². The number of nitrogens with zero attached hydrogens (tertiary/aromatic N) is 3. The summed E-state index contributed by atoms with van der Waals surface area (Å²) < 4.78 is 2.12. The van der Waals surface area contributed by atoms with E-state index in [0.29, 0.717) is 6.54 Å². The molecule has 4 nitrogen and oxygen atoms in total. The molecule has 0 bridgehead atoms. The summed E-state index contributed by atoms with van der Waals surface area (Å²) in [6.45, 7) is 11.0. The number of hydrogen-bond acceptors (Lipinski definition) is 3. The highest BCUT2D eigenvalue weighted by atomic mass is 15.3. The van der Waals surface area contributed by atoms with Crippen LogP contribution >= 0.6 is 0 Å². The fraction of sp³-hybridized carbons (Fsp3) is 0.467. The predicted molar refractivity (Wildman–Crippen MR) is 77.8 cm³/mol. The fourth-order valence-electron chi connectivity index (χ4n) is 2.22. The van der Waals surface area contributed by atoms with E-state index in [2.05, 4.69) is 67.6 Å². The van der Waals surface area contributed by atoms with Crippen LogP contribution in [0, 0.1) is 13.8 Å². The highest BCUT2D eigenvalue weighted by Gasteiger charge is 2.23. The number of aromatic nitrogens is 3. The van der Waals surface area contributed by atoms with Gasteiger partial charge in [-0.3, -0.25) is 0 Å². The molecule has 0 spiro atoms. The van der Waals surface area contributed by atoms with Gasteiger partial charge in [0.15, 0.2) is 5.82 Å². The summed E-state index contributed by atoms with van der Waals surface area (Å²) in [6.07, 6.45) is 0. The van der Waals surface area contributed by atoms with Gasteiger partial charge in [0.05, 0.1) is 6.54 Å². The zero-order valence-corrected chi connectivity index (χ0v) is 12.4. The Balaban J connectivity index is 2.62. The van der Waals surface area contributed by atoms with Gasteiger partial charge in [-0.15, -0.1) is 10.2 Å². The van der Waals surface area contributed by atoms with Crippen LogP contribution < -0.4 is 5.73 Å². The molecule has 0 aliphatic heterocycles. The van der Waals surface area contributed by atoms with Crippen molar-refractivity contribution >= 4 is 0 Å². The predicted octanol–water partition coefficient (Wildman–Crippen LogP) is 2.78. The number of benzene rings is 1. The van der Waals surface area contributed by atoms with Crippen molar-refractivity contribution < 1.29 is 0 Å². The zero-order chi connectivity index (χ0) is 14.2. The quantitative estimate of drug-likeness (QED) is 0.901. The Hall–Kier alpha value is -1.68. The van der Waals surface area contributed by atoms with Gasteiger partial charge in [0.25, 0.3) is 0 Å². The summed E-state index contributed by atoms with van der Waals surface area (Å²) >= 11 is 0. The summed E-state index contributed by atoms with van der Waals surface area (Å²) in [5, 5.41) is 8.54. The number of nitrogens with two attached hydrogens (primary N) is 1. The maximum atomic E-state index is 5.77. The largest absolute Gasteiger partial charge is 0.324 e. The van der Waals surface area contributed by atoms with Crippen LogP contribution in [-0.2, 0) is 12.1 Å². The standard InChI is InChI=1S/C15H22N4/c1-10-6-7-12(8-11(10)2)14-18-17-13(9-16)19(14)15(3,4)5/h6-8H,9,16H2,1-5H3.